The van der Waals surface area contributed by atoms with Gasteiger partial charge in [-0.05, 0) is 59.8 Å². The van der Waals surface area contributed by atoms with Crippen LogP contribution in [0.25, 0.3) is 11.6 Å². The number of methoxy groups -OCH3 is 3. The molecule has 3 nitrogen and oxygen atoms in total. The van der Waals surface area contributed by atoms with Gasteiger partial charge >= 0.3 is 0 Å². The van der Waals surface area contributed by atoms with Crippen LogP contribution in [-0.2, 0) is 0 Å². The molecule has 0 unspecified atom stereocenters. The largest absolute Gasteiger partial charge is 0.492 e. The monoisotopic (exact) mass is 378 g/mol. The molecule has 1 aromatic rings. The number of rotatable bonds is 4. The summed E-state index contributed by atoms with van der Waals surface area (Å²) in [6, 6.07) is 0. The van der Waals surface area contributed by atoms with E-state index in [1.54, 1.807) is 21.3 Å². The highest BCUT2D eigenvalue weighted by Crippen LogP contribution is 2.39. The van der Waals surface area contributed by atoms with E-state index in [1.165, 1.54) is 27.9 Å². The first-order valence-corrected chi connectivity index (χ1v) is 9.68. The van der Waals surface area contributed by atoms with Gasteiger partial charge in [-0.15, -0.1) is 0 Å². The van der Waals surface area contributed by atoms with Gasteiger partial charge in [0.15, 0.2) is 11.5 Å². The summed E-state index contributed by atoms with van der Waals surface area (Å²) in [6.45, 7) is 10.9. The highest BCUT2D eigenvalue weighted by molar-refractivity contribution is 5.87. The van der Waals surface area contributed by atoms with Gasteiger partial charge in [0.2, 0.25) is 5.75 Å². The van der Waals surface area contributed by atoms with Crippen LogP contribution in [0.1, 0.15) is 33.3 Å². The fourth-order valence-corrected chi connectivity index (χ4v) is 4.01. The Balaban J connectivity index is 2.61. The van der Waals surface area contributed by atoms with Crippen LogP contribution < -0.4 is 24.6 Å². The van der Waals surface area contributed by atoms with Gasteiger partial charge in [0.25, 0.3) is 0 Å². The average molecular weight is 379 g/mol. The average Bonchev–Trinajstić information content (AvgIpc) is 2.93. The molecule has 0 fully saturated rings. The second kappa shape index (κ2) is 7.75. The Morgan fingerprint density at radius 1 is 0.714 bits per heavy atom. The van der Waals surface area contributed by atoms with Gasteiger partial charge in [-0.1, -0.05) is 44.2 Å². The van der Waals surface area contributed by atoms with E-state index in [1.807, 2.05) is 0 Å². The third kappa shape index (κ3) is 3.09. The minimum Gasteiger partial charge on any atom is -0.492 e. The Kier molecular flexibility index (Phi) is 5.55. The molecule has 0 amide bonds. The molecule has 0 radical (unpaired) electrons. The molecule has 0 heterocycles. The first-order chi connectivity index (χ1) is 13.3. The van der Waals surface area contributed by atoms with Gasteiger partial charge in [-0.3, -0.25) is 0 Å². The molecule has 3 heteroatoms. The topological polar surface area (TPSA) is 27.7 Å². The van der Waals surface area contributed by atoms with Crippen molar-refractivity contribution in [3.05, 3.63) is 62.6 Å². The lowest BCUT2D eigenvalue weighted by Crippen LogP contribution is -2.32. The van der Waals surface area contributed by atoms with Crippen LogP contribution >= 0.6 is 0 Å². The van der Waals surface area contributed by atoms with Crippen molar-refractivity contribution in [2.75, 3.05) is 21.3 Å². The van der Waals surface area contributed by atoms with Crippen LogP contribution in [0, 0.1) is 12.8 Å². The molecule has 0 N–H and O–H groups in total. The van der Waals surface area contributed by atoms with Gasteiger partial charge in [0.1, 0.15) is 0 Å². The maximum absolute atomic E-state index is 5.89. The molecular formula is C25H30O3. The Hall–Kier alpha value is -2.68. The molecule has 2 aliphatic rings. The number of hydrogen-bond acceptors (Lipinski definition) is 3. The summed E-state index contributed by atoms with van der Waals surface area (Å²) in [5.74, 6) is 2.50. The summed E-state index contributed by atoms with van der Waals surface area (Å²) in [7, 11) is 5.02. The van der Waals surface area contributed by atoms with Crippen LogP contribution in [-0.4, -0.2) is 21.3 Å². The van der Waals surface area contributed by atoms with Crippen molar-refractivity contribution in [3.8, 4) is 17.2 Å². The quantitative estimate of drug-likeness (QED) is 0.778. The standard InChI is InChI=1S/C25H30O3/c1-14(2)18-11-9-16(4)21-20(13-18)15(3)10-12-19-17(5)23(26-6)25(28-8)24(27-7)22(19)21/h9-14H,1-8H3. The third-order valence-electron chi connectivity index (χ3n) is 5.61. The van der Waals surface area contributed by atoms with Gasteiger partial charge in [0.05, 0.1) is 21.3 Å². The smallest absolute Gasteiger partial charge is 0.204 e. The van der Waals surface area contributed by atoms with Crippen LogP contribution in [0.3, 0.4) is 0 Å². The molecule has 148 valence electrons. The van der Waals surface area contributed by atoms with Gasteiger partial charge in [0, 0.05) is 10.8 Å². The fourth-order valence-electron chi connectivity index (χ4n) is 4.01. The maximum Gasteiger partial charge on any atom is 0.204 e. The van der Waals surface area contributed by atoms with E-state index in [0.29, 0.717) is 23.2 Å². The lowest BCUT2D eigenvalue weighted by Gasteiger charge is -2.19. The number of fused-ring (bicyclic) bond motifs is 2. The van der Waals surface area contributed by atoms with E-state index in [2.05, 4.69) is 65.0 Å². The third-order valence-corrected chi connectivity index (χ3v) is 5.61. The molecule has 3 rings (SSSR count). The Bertz CT molecular complexity index is 1060. The second-order valence-electron chi connectivity index (χ2n) is 7.63. The number of hydrogen-bond donors (Lipinski definition) is 0. The van der Waals surface area contributed by atoms with Crippen molar-refractivity contribution in [1.82, 2.24) is 0 Å². The van der Waals surface area contributed by atoms with E-state index in [-0.39, 0.29) is 0 Å². The predicted octanol–water partition coefficient (Wildman–Crippen LogP) is 4.38. The van der Waals surface area contributed by atoms with Crippen molar-refractivity contribution in [3.63, 3.8) is 0 Å². The summed E-state index contributed by atoms with van der Waals surface area (Å²) >= 11 is 0. The molecule has 2 aliphatic carbocycles. The minimum absolute atomic E-state index is 0.449. The van der Waals surface area contributed by atoms with E-state index >= 15 is 0 Å². The van der Waals surface area contributed by atoms with Gasteiger partial charge in [-0.25, -0.2) is 0 Å². The molecule has 0 aliphatic heterocycles. The second-order valence-corrected chi connectivity index (χ2v) is 7.63. The van der Waals surface area contributed by atoms with E-state index in [0.717, 1.165) is 16.0 Å². The van der Waals surface area contributed by atoms with Crippen molar-refractivity contribution in [2.24, 2.45) is 5.92 Å². The lowest BCUT2D eigenvalue weighted by molar-refractivity contribution is 0.320. The van der Waals surface area contributed by atoms with Crippen molar-refractivity contribution >= 4 is 11.6 Å². The number of ether oxygens (including phenoxy) is 3. The van der Waals surface area contributed by atoms with Crippen molar-refractivity contribution < 1.29 is 14.2 Å². The van der Waals surface area contributed by atoms with Gasteiger partial charge in [-0.2, -0.15) is 0 Å². The zero-order chi connectivity index (χ0) is 20.6. The van der Waals surface area contributed by atoms with Crippen molar-refractivity contribution in [1.29, 1.82) is 0 Å². The lowest BCUT2D eigenvalue weighted by atomic mass is 9.90. The molecule has 0 bridgehead atoms. The Morgan fingerprint density at radius 2 is 1.32 bits per heavy atom. The maximum atomic E-state index is 5.89. The van der Waals surface area contributed by atoms with Crippen molar-refractivity contribution in [2.45, 2.75) is 34.6 Å². The summed E-state index contributed by atoms with van der Waals surface area (Å²) < 4.78 is 17.3. The highest BCUT2D eigenvalue weighted by atomic mass is 16.5. The summed E-state index contributed by atoms with van der Waals surface area (Å²) in [6.07, 6.45) is 11.1. The highest BCUT2D eigenvalue weighted by Gasteiger charge is 2.24. The van der Waals surface area contributed by atoms with Crippen LogP contribution in [0.5, 0.6) is 17.2 Å². The number of benzene rings is 1. The molecule has 0 spiro atoms. The van der Waals surface area contributed by atoms with Crippen LogP contribution in [0.4, 0.5) is 0 Å². The predicted molar refractivity (Wildman–Crippen MR) is 116 cm³/mol. The summed E-state index contributed by atoms with van der Waals surface area (Å²) in [4.78, 5) is 0. The molecular weight excluding hydrogens is 348 g/mol. The van der Waals surface area contributed by atoms with E-state index in [4.69, 9.17) is 14.2 Å². The zero-order valence-electron chi connectivity index (χ0n) is 18.2. The molecule has 0 saturated carbocycles. The normalized spacial score (nSPS) is 15.8. The van der Waals surface area contributed by atoms with E-state index < -0.39 is 0 Å². The van der Waals surface area contributed by atoms with Gasteiger partial charge < -0.3 is 14.2 Å². The zero-order valence-corrected chi connectivity index (χ0v) is 18.2. The summed E-state index contributed by atoms with van der Waals surface area (Å²) in [5.41, 5.74) is 7.21. The first kappa shape index (κ1) is 20.1. The van der Waals surface area contributed by atoms with E-state index in [9.17, 15) is 0 Å². The minimum atomic E-state index is 0.449. The first-order valence-electron chi connectivity index (χ1n) is 9.68. The fraction of sp³-hybridized carbons (Fsp3) is 0.360. The Labute approximate surface area is 168 Å². The molecule has 0 atom stereocenters. The molecule has 28 heavy (non-hydrogen) atoms. The number of allylic oxidation sites excluding steroid dienone is 8. The summed E-state index contributed by atoms with van der Waals surface area (Å²) in [5, 5.41) is 2.16. The molecule has 0 saturated heterocycles. The SMILES string of the molecule is COc1c(OC)c(OC)c2c(c1C)=CC=C(C)C1=CC(C(C)C)=CC=C(C)C=21. The van der Waals surface area contributed by atoms with Crippen LogP contribution in [0.15, 0.2) is 46.6 Å². The molecule has 1 aromatic carbocycles. The Morgan fingerprint density at radius 3 is 1.89 bits per heavy atom. The van der Waals surface area contributed by atoms with Crippen LogP contribution in [0.2, 0.25) is 0 Å². The molecule has 0 aromatic heterocycles.